The number of halogens is 1. The number of morpholine rings is 1. The molecule has 1 aliphatic heterocycles. The van der Waals surface area contributed by atoms with E-state index < -0.39 is 4.92 Å². The fourth-order valence-electron chi connectivity index (χ4n) is 2.01. The van der Waals surface area contributed by atoms with Gasteiger partial charge in [0.05, 0.1) is 23.7 Å². The Balaban J connectivity index is 2.46. The third kappa shape index (κ3) is 2.46. The van der Waals surface area contributed by atoms with E-state index in [0.29, 0.717) is 30.0 Å². The Labute approximate surface area is 113 Å². The van der Waals surface area contributed by atoms with Crippen LogP contribution in [0.4, 0.5) is 11.5 Å². The molecule has 0 atom stereocenters. The van der Waals surface area contributed by atoms with Gasteiger partial charge in [-0.3, -0.25) is 10.1 Å². The van der Waals surface area contributed by atoms with Crippen LogP contribution in [-0.2, 0) is 4.74 Å². The van der Waals surface area contributed by atoms with Crippen molar-refractivity contribution in [3.05, 3.63) is 26.9 Å². The molecule has 0 N–H and O–H groups in total. The van der Waals surface area contributed by atoms with E-state index in [9.17, 15) is 10.1 Å². The molecule has 0 aliphatic carbocycles. The second-order valence-corrected chi connectivity index (χ2v) is 5.69. The molecule has 0 unspecified atom stereocenters. The Kier molecular flexibility index (Phi) is 3.54. The lowest BCUT2D eigenvalue weighted by atomic mass is 10.0. The molecule has 1 saturated heterocycles. The largest absolute Gasteiger partial charge is 0.377 e. The summed E-state index contributed by atoms with van der Waals surface area (Å²) < 4.78 is 6.01. The van der Waals surface area contributed by atoms with E-state index in [-0.39, 0.29) is 11.2 Å². The van der Waals surface area contributed by atoms with Gasteiger partial charge in [-0.1, -0.05) is 0 Å². The maximum absolute atomic E-state index is 11.1. The van der Waals surface area contributed by atoms with Gasteiger partial charge in [0, 0.05) is 23.3 Å². The molecule has 1 aliphatic rings. The van der Waals surface area contributed by atoms with Gasteiger partial charge in [0.1, 0.15) is 0 Å². The summed E-state index contributed by atoms with van der Waals surface area (Å²) in [5.74, 6) is 0.400. The number of nitro groups is 1. The van der Waals surface area contributed by atoms with Crippen LogP contribution in [0.15, 0.2) is 16.7 Å². The Bertz CT molecular complexity index is 479. The average Bonchev–Trinajstić information content (AvgIpc) is 2.29. The second kappa shape index (κ2) is 4.81. The number of anilines is 1. The quantitative estimate of drug-likeness (QED) is 0.619. The first kappa shape index (κ1) is 13.2. The predicted molar refractivity (Wildman–Crippen MR) is 70.8 cm³/mol. The first-order chi connectivity index (χ1) is 8.42. The molecule has 1 aromatic rings. The highest BCUT2D eigenvalue weighted by molar-refractivity contribution is 9.10. The van der Waals surface area contributed by atoms with Crippen molar-refractivity contribution in [1.29, 1.82) is 0 Å². The van der Waals surface area contributed by atoms with Gasteiger partial charge in [-0.15, -0.1) is 0 Å². The van der Waals surface area contributed by atoms with Crippen molar-refractivity contribution in [3.8, 4) is 0 Å². The zero-order valence-electron chi connectivity index (χ0n) is 10.2. The predicted octanol–water partition coefficient (Wildman–Crippen LogP) is 2.37. The Morgan fingerprint density at radius 1 is 1.61 bits per heavy atom. The van der Waals surface area contributed by atoms with Crippen molar-refractivity contribution in [1.82, 2.24) is 4.98 Å². The SMILES string of the molecule is CC1(C)COCCN1c1ncc(Br)cc1[N+](=O)[O-]. The minimum atomic E-state index is -0.404. The van der Waals surface area contributed by atoms with Crippen LogP contribution < -0.4 is 4.90 Å². The molecular weight excluding hydrogens is 302 g/mol. The summed E-state index contributed by atoms with van der Waals surface area (Å²) >= 11 is 3.21. The van der Waals surface area contributed by atoms with Gasteiger partial charge in [0.15, 0.2) is 0 Å². The lowest BCUT2D eigenvalue weighted by Gasteiger charge is -2.42. The number of nitrogens with zero attached hydrogens (tertiary/aromatic N) is 3. The number of rotatable bonds is 2. The summed E-state index contributed by atoms with van der Waals surface area (Å²) in [7, 11) is 0. The van der Waals surface area contributed by atoms with Gasteiger partial charge in [0.2, 0.25) is 5.82 Å². The van der Waals surface area contributed by atoms with Gasteiger partial charge < -0.3 is 9.64 Å². The van der Waals surface area contributed by atoms with Gasteiger partial charge in [-0.05, 0) is 29.8 Å². The third-order valence-corrected chi connectivity index (χ3v) is 3.35. The van der Waals surface area contributed by atoms with Crippen LogP contribution in [0.5, 0.6) is 0 Å². The molecule has 0 aromatic carbocycles. The highest BCUT2D eigenvalue weighted by Crippen LogP contribution is 2.33. The van der Waals surface area contributed by atoms with E-state index >= 15 is 0 Å². The van der Waals surface area contributed by atoms with Crippen LogP contribution in [0.3, 0.4) is 0 Å². The second-order valence-electron chi connectivity index (χ2n) is 4.77. The highest BCUT2D eigenvalue weighted by atomic mass is 79.9. The number of hydrogen-bond donors (Lipinski definition) is 0. The van der Waals surface area contributed by atoms with Crippen molar-refractivity contribution in [3.63, 3.8) is 0 Å². The normalized spacial score (nSPS) is 18.7. The van der Waals surface area contributed by atoms with Gasteiger partial charge in [0.25, 0.3) is 0 Å². The number of hydrogen-bond acceptors (Lipinski definition) is 5. The number of aromatic nitrogens is 1. The van der Waals surface area contributed by atoms with Crippen molar-refractivity contribution in [2.24, 2.45) is 0 Å². The smallest absolute Gasteiger partial charge is 0.312 e. The maximum atomic E-state index is 11.1. The summed E-state index contributed by atoms with van der Waals surface area (Å²) in [5.41, 5.74) is -0.288. The first-order valence-electron chi connectivity index (χ1n) is 5.57. The van der Waals surface area contributed by atoms with Crippen molar-refractivity contribution in [2.45, 2.75) is 19.4 Å². The lowest BCUT2D eigenvalue weighted by molar-refractivity contribution is -0.384. The lowest BCUT2D eigenvalue weighted by Crippen LogP contribution is -2.53. The molecule has 6 nitrogen and oxygen atoms in total. The van der Waals surface area contributed by atoms with Crippen molar-refractivity contribution >= 4 is 27.4 Å². The van der Waals surface area contributed by atoms with Crippen LogP contribution in [0, 0.1) is 10.1 Å². The molecular formula is C11H14BrN3O3. The first-order valence-corrected chi connectivity index (χ1v) is 6.36. The summed E-state index contributed by atoms with van der Waals surface area (Å²) in [6, 6.07) is 1.48. The molecule has 1 fully saturated rings. The Morgan fingerprint density at radius 2 is 2.33 bits per heavy atom. The van der Waals surface area contributed by atoms with Gasteiger partial charge in [-0.2, -0.15) is 0 Å². The van der Waals surface area contributed by atoms with Crippen LogP contribution in [0.1, 0.15) is 13.8 Å². The van der Waals surface area contributed by atoms with Crippen LogP contribution >= 0.6 is 15.9 Å². The van der Waals surface area contributed by atoms with E-state index in [2.05, 4.69) is 20.9 Å². The molecule has 98 valence electrons. The third-order valence-electron chi connectivity index (χ3n) is 2.91. The van der Waals surface area contributed by atoms with Crippen molar-refractivity contribution < 1.29 is 9.66 Å². The summed E-state index contributed by atoms with van der Waals surface area (Å²) in [4.78, 5) is 16.8. The standard InChI is InChI=1S/C11H14BrN3O3/c1-11(2)7-18-4-3-14(11)10-9(15(16)17)5-8(12)6-13-10/h5-6H,3-4,7H2,1-2H3. The minimum Gasteiger partial charge on any atom is -0.377 e. The fraction of sp³-hybridized carbons (Fsp3) is 0.545. The topological polar surface area (TPSA) is 68.5 Å². The monoisotopic (exact) mass is 315 g/mol. The molecule has 18 heavy (non-hydrogen) atoms. The maximum Gasteiger partial charge on any atom is 0.312 e. The van der Waals surface area contributed by atoms with Crippen LogP contribution in [0.25, 0.3) is 0 Å². The Morgan fingerprint density at radius 3 is 2.94 bits per heavy atom. The molecule has 2 rings (SSSR count). The highest BCUT2D eigenvalue weighted by Gasteiger charge is 2.35. The van der Waals surface area contributed by atoms with E-state index in [1.165, 1.54) is 6.07 Å². The molecule has 0 radical (unpaired) electrons. The van der Waals surface area contributed by atoms with Crippen molar-refractivity contribution in [2.75, 3.05) is 24.7 Å². The van der Waals surface area contributed by atoms with E-state index in [0.717, 1.165) is 0 Å². The summed E-state index contributed by atoms with van der Waals surface area (Å²) in [5, 5.41) is 11.1. The van der Waals surface area contributed by atoms with Crippen LogP contribution in [0.2, 0.25) is 0 Å². The van der Waals surface area contributed by atoms with E-state index in [1.807, 2.05) is 18.7 Å². The molecule has 2 heterocycles. The zero-order valence-corrected chi connectivity index (χ0v) is 11.8. The molecule has 0 saturated carbocycles. The Hall–Kier alpha value is -1.21. The molecule has 1 aromatic heterocycles. The zero-order chi connectivity index (χ0) is 13.3. The molecule has 0 bridgehead atoms. The van der Waals surface area contributed by atoms with Gasteiger partial charge >= 0.3 is 5.69 Å². The minimum absolute atomic E-state index is 0.0133. The molecule has 0 spiro atoms. The van der Waals surface area contributed by atoms with E-state index in [1.54, 1.807) is 6.20 Å². The number of pyridine rings is 1. The summed E-state index contributed by atoms with van der Waals surface area (Å²) in [6.45, 7) is 5.65. The van der Waals surface area contributed by atoms with Crippen LogP contribution in [-0.4, -0.2) is 35.2 Å². The average molecular weight is 316 g/mol. The summed E-state index contributed by atoms with van der Waals surface area (Å²) in [6.07, 6.45) is 1.58. The van der Waals surface area contributed by atoms with Gasteiger partial charge in [-0.25, -0.2) is 4.98 Å². The van der Waals surface area contributed by atoms with E-state index in [4.69, 9.17) is 4.74 Å². The fourth-order valence-corrected chi connectivity index (χ4v) is 2.33. The molecule has 0 amide bonds. The number of ether oxygens (including phenoxy) is 1. The molecule has 7 heteroatoms.